The van der Waals surface area contributed by atoms with E-state index in [2.05, 4.69) is 26.1 Å². The highest BCUT2D eigenvalue weighted by Crippen LogP contribution is 2.35. The Bertz CT molecular complexity index is 1240. The van der Waals surface area contributed by atoms with E-state index in [4.69, 9.17) is 9.15 Å². The number of amides is 2. The highest BCUT2D eigenvalue weighted by Gasteiger charge is 2.48. The Morgan fingerprint density at radius 2 is 1.97 bits per heavy atom. The molecule has 0 bridgehead atoms. The first-order valence-electron chi connectivity index (χ1n) is 13.2. The molecule has 36 heavy (non-hydrogen) atoms. The van der Waals surface area contributed by atoms with Gasteiger partial charge >= 0.3 is 0 Å². The predicted molar refractivity (Wildman–Crippen MR) is 139 cm³/mol. The molecule has 1 saturated carbocycles. The molecule has 1 fully saturated rings. The van der Waals surface area contributed by atoms with E-state index >= 15 is 0 Å². The van der Waals surface area contributed by atoms with Gasteiger partial charge in [-0.05, 0) is 49.3 Å². The Hall–Kier alpha value is -3.22. The van der Waals surface area contributed by atoms with Crippen LogP contribution in [0, 0.1) is 11.8 Å². The molecule has 1 aliphatic carbocycles. The van der Waals surface area contributed by atoms with Crippen LogP contribution >= 0.6 is 0 Å². The Balaban J connectivity index is 1.47. The van der Waals surface area contributed by atoms with Gasteiger partial charge in [0.2, 0.25) is 5.91 Å². The fourth-order valence-electron chi connectivity index (χ4n) is 5.72. The molecule has 0 radical (unpaired) electrons. The van der Waals surface area contributed by atoms with Crippen LogP contribution in [0.5, 0.6) is 5.75 Å². The van der Waals surface area contributed by atoms with Crippen molar-refractivity contribution in [2.24, 2.45) is 11.8 Å². The summed E-state index contributed by atoms with van der Waals surface area (Å²) in [4.78, 5) is 29.6. The molecule has 1 aliphatic heterocycles. The zero-order valence-electron chi connectivity index (χ0n) is 21.8. The van der Waals surface area contributed by atoms with Gasteiger partial charge in [0.1, 0.15) is 17.0 Å². The van der Waals surface area contributed by atoms with Gasteiger partial charge in [0.25, 0.3) is 5.91 Å². The van der Waals surface area contributed by atoms with Gasteiger partial charge in [0.05, 0.1) is 24.9 Å². The standard InChI is InChI=1S/C29H37N3O4/c1-5-14-35-22-11-9-21(10-12-22)17-32-27(33)25-16-26-24(13-15-36-26)31(25)18-29(32,4)28(34)30-23-8-6-7-19(2)20(23)3/h9-13,15-16,19-20,23H,5-8,14,17-18H2,1-4H3,(H,30,34). The lowest BCUT2D eigenvalue weighted by molar-refractivity contribution is -0.134. The number of nitrogens with one attached hydrogen (secondary N) is 1. The number of hydrogen-bond donors (Lipinski definition) is 1. The molecule has 2 aliphatic rings. The van der Waals surface area contributed by atoms with Gasteiger partial charge in [-0.2, -0.15) is 0 Å². The van der Waals surface area contributed by atoms with Crippen molar-refractivity contribution in [3.63, 3.8) is 0 Å². The summed E-state index contributed by atoms with van der Waals surface area (Å²) in [5.74, 6) is 1.51. The number of benzene rings is 1. The summed E-state index contributed by atoms with van der Waals surface area (Å²) in [5.41, 5.74) is 1.96. The molecule has 1 N–H and O–H groups in total. The van der Waals surface area contributed by atoms with Gasteiger partial charge in [0.15, 0.2) is 5.58 Å². The lowest BCUT2D eigenvalue weighted by Crippen LogP contribution is -2.65. The quantitative estimate of drug-likeness (QED) is 0.482. The van der Waals surface area contributed by atoms with Crippen LogP contribution in [0.4, 0.5) is 0 Å². The van der Waals surface area contributed by atoms with Crippen molar-refractivity contribution in [3.8, 4) is 5.75 Å². The summed E-state index contributed by atoms with van der Waals surface area (Å²) in [6.07, 6.45) is 5.84. The van der Waals surface area contributed by atoms with Gasteiger partial charge in [-0.15, -0.1) is 0 Å². The topological polar surface area (TPSA) is 76.7 Å². The van der Waals surface area contributed by atoms with E-state index in [0.717, 1.165) is 36.1 Å². The largest absolute Gasteiger partial charge is 0.494 e. The van der Waals surface area contributed by atoms with Crippen LogP contribution in [0.1, 0.15) is 69.4 Å². The first-order chi connectivity index (χ1) is 17.3. The van der Waals surface area contributed by atoms with Crippen molar-refractivity contribution < 1.29 is 18.7 Å². The normalized spacial score (nSPS) is 26.2. The van der Waals surface area contributed by atoms with E-state index < -0.39 is 5.54 Å². The van der Waals surface area contributed by atoms with Gasteiger partial charge < -0.3 is 23.9 Å². The molecular weight excluding hydrogens is 454 g/mol. The third kappa shape index (κ3) is 4.29. The summed E-state index contributed by atoms with van der Waals surface area (Å²) in [5, 5.41) is 3.35. The molecule has 4 atom stereocenters. The molecule has 0 spiro atoms. The lowest BCUT2D eigenvalue weighted by Gasteiger charge is -2.45. The SMILES string of the molecule is CCCOc1ccc(CN2C(=O)c3cc4occc4n3CC2(C)C(=O)NC2CCCC(C)C2C)cc1. The number of furan rings is 1. The minimum Gasteiger partial charge on any atom is -0.494 e. The van der Waals surface area contributed by atoms with E-state index in [1.807, 2.05) is 41.8 Å². The molecule has 3 aromatic rings. The smallest absolute Gasteiger partial charge is 0.271 e. The third-order valence-corrected chi connectivity index (χ3v) is 8.30. The summed E-state index contributed by atoms with van der Waals surface area (Å²) in [7, 11) is 0. The second kappa shape index (κ2) is 9.68. The molecular formula is C29H37N3O4. The van der Waals surface area contributed by atoms with Crippen LogP contribution in [0.3, 0.4) is 0 Å². The summed E-state index contributed by atoms with van der Waals surface area (Å²) in [6, 6.07) is 11.6. The van der Waals surface area contributed by atoms with Crippen LogP contribution in [0.25, 0.3) is 11.1 Å². The maximum absolute atomic E-state index is 14.0. The van der Waals surface area contributed by atoms with Gasteiger partial charge in [-0.3, -0.25) is 9.59 Å². The molecule has 2 amide bonds. The maximum Gasteiger partial charge on any atom is 0.271 e. The van der Waals surface area contributed by atoms with Crippen LogP contribution in [0.15, 0.2) is 47.1 Å². The zero-order valence-corrected chi connectivity index (χ0v) is 21.8. The van der Waals surface area contributed by atoms with Crippen LogP contribution in [-0.2, 0) is 17.9 Å². The number of ether oxygens (including phenoxy) is 1. The molecule has 4 unspecified atom stereocenters. The second-order valence-corrected chi connectivity index (χ2v) is 10.8. The summed E-state index contributed by atoms with van der Waals surface area (Å²) < 4.78 is 13.2. The van der Waals surface area contributed by atoms with E-state index in [9.17, 15) is 9.59 Å². The zero-order chi connectivity index (χ0) is 25.4. The van der Waals surface area contributed by atoms with Crippen molar-refractivity contribution in [2.75, 3.05) is 6.61 Å². The van der Waals surface area contributed by atoms with Crippen molar-refractivity contribution in [1.82, 2.24) is 14.8 Å². The Labute approximate surface area is 212 Å². The highest BCUT2D eigenvalue weighted by atomic mass is 16.5. The maximum atomic E-state index is 14.0. The van der Waals surface area contributed by atoms with E-state index in [1.165, 1.54) is 6.42 Å². The average molecular weight is 492 g/mol. The molecule has 7 nitrogen and oxygen atoms in total. The molecule has 1 aromatic carbocycles. The molecule has 192 valence electrons. The third-order valence-electron chi connectivity index (χ3n) is 8.30. The number of fused-ring (bicyclic) bond motifs is 3. The number of nitrogens with zero attached hydrogens (tertiary/aromatic N) is 2. The summed E-state index contributed by atoms with van der Waals surface area (Å²) in [6.45, 7) is 9.82. The van der Waals surface area contributed by atoms with E-state index in [1.54, 1.807) is 17.2 Å². The average Bonchev–Trinajstić information content (AvgIpc) is 3.46. The first-order valence-corrected chi connectivity index (χ1v) is 13.2. The number of carbonyl (C=O) groups excluding carboxylic acids is 2. The molecule has 2 aromatic heterocycles. The Morgan fingerprint density at radius 1 is 1.19 bits per heavy atom. The number of carbonyl (C=O) groups is 2. The van der Waals surface area contributed by atoms with Crippen LogP contribution in [0.2, 0.25) is 0 Å². The van der Waals surface area contributed by atoms with E-state index in [-0.39, 0.29) is 17.9 Å². The Kier molecular flexibility index (Phi) is 6.58. The fraction of sp³-hybridized carbons (Fsp3) is 0.517. The number of aromatic nitrogens is 1. The van der Waals surface area contributed by atoms with E-state index in [0.29, 0.717) is 42.8 Å². The van der Waals surface area contributed by atoms with Crippen molar-refractivity contribution in [1.29, 1.82) is 0 Å². The van der Waals surface area contributed by atoms with Gasteiger partial charge in [-0.25, -0.2) is 0 Å². The predicted octanol–water partition coefficient (Wildman–Crippen LogP) is 5.38. The van der Waals surface area contributed by atoms with Crippen LogP contribution < -0.4 is 10.1 Å². The second-order valence-electron chi connectivity index (χ2n) is 10.8. The fourth-order valence-corrected chi connectivity index (χ4v) is 5.72. The van der Waals surface area contributed by atoms with Crippen molar-refractivity contribution in [2.45, 2.75) is 78.0 Å². The molecule has 7 heteroatoms. The van der Waals surface area contributed by atoms with Crippen molar-refractivity contribution >= 4 is 22.9 Å². The minimum atomic E-state index is -1.05. The Morgan fingerprint density at radius 3 is 2.72 bits per heavy atom. The summed E-state index contributed by atoms with van der Waals surface area (Å²) >= 11 is 0. The monoisotopic (exact) mass is 491 g/mol. The highest BCUT2D eigenvalue weighted by molar-refractivity contribution is 6.02. The first kappa shape index (κ1) is 24.5. The van der Waals surface area contributed by atoms with Gasteiger partial charge in [0, 0.05) is 24.7 Å². The molecule has 3 heterocycles. The lowest BCUT2D eigenvalue weighted by atomic mass is 9.77. The van der Waals surface area contributed by atoms with Crippen molar-refractivity contribution in [3.05, 3.63) is 53.9 Å². The minimum absolute atomic E-state index is 0.0966. The number of hydrogen-bond acceptors (Lipinski definition) is 4. The van der Waals surface area contributed by atoms with Gasteiger partial charge in [-0.1, -0.05) is 45.7 Å². The van der Waals surface area contributed by atoms with Crippen LogP contribution in [-0.4, -0.2) is 39.5 Å². The molecule has 0 saturated heterocycles. The molecule has 5 rings (SSSR count). The number of rotatable bonds is 7.